The van der Waals surface area contributed by atoms with Crippen molar-refractivity contribution < 1.29 is 47.8 Å². The largest absolute Gasteiger partial charge is 1.00 e. The van der Waals surface area contributed by atoms with Gasteiger partial charge < -0.3 is 43.0 Å². The number of halogens is 3. The molecule has 0 amide bonds. The van der Waals surface area contributed by atoms with Crippen molar-refractivity contribution in [3.05, 3.63) is 86.2 Å². The van der Waals surface area contributed by atoms with E-state index in [1.165, 1.54) is 0 Å². The third-order valence-electron chi connectivity index (χ3n) is 5.62. The standard InChI is InChI=1S/C26H22Br2NO5.HI/c1-32-16-8-10-22-18(14-16)24(26(31)34-25-20(27)6-5-7-21(25)28)19-15-17(33-2)9-11-23(19)29(22)12-3-4-13-30;/h5-11,13-14,24H,3-4,12H2,1-2H3;1H/q+1;/p-1. The third-order valence-corrected chi connectivity index (χ3v) is 6.87. The predicted molar refractivity (Wildman–Crippen MR) is 136 cm³/mol. The van der Waals surface area contributed by atoms with Crippen LogP contribution in [0.4, 0.5) is 5.69 Å². The topological polar surface area (TPSA) is 65.1 Å². The summed E-state index contributed by atoms with van der Waals surface area (Å²) in [6, 6.07) is 11.1. The number of ether oxygens (including phenoxy) is 3. The normalized spacial score (nSPS) is 15.7. The smallest absolute Gasteiger partial charge is 0.326 e. The summed E-state index contributed by atoms with van der Waals surface area (Å²) in [5, 5.41) is 0. The second kappa shape index (κ2) is 12.2. The van der Waals surface area contributed by atoms with Crippen molar-refractivity contribution in [2.45, 2.75) is 18.8 Å². The number of hydrogen-bond donors (Lipinski definition) is 0. The highest BCUT2D eigenvalue weighted by Crippen LogP contribution is 2.46. The quantitative estimate of drug-likeness (QED) is 0.105. The van der Waals surface area contributed by atoms with Crippen LogP contribution in [0, 0.1) is 6.08 Å². The van der Waals surface area contributed by atoms with Crippen LogP contribution in [0.25, 0.3) is 0 Å². The Balaban J connectivity index is 0.00000342. The molecule has 0 N–H and O–H groups in total. The van der Waals surface area contributed by atoms with Gasteiger partial charge in [-0.05, 0) is 68.6 Å². The van der Waals surface area contributed by atoms with E-state index in [0.29, 0.717) is 51.2 Å². The molecule has 1 unspecified atom stereocenters. The molecule has 35 heavy (non-hydrogen) atoms. The molecule has 2 aromatic carbocycles. The number of allylic oxidation sites excluding steroid dienone is 3. The van der Waals surface area contributed by atoms with Gasteiger partial charge in [0.05, 0.1) is 47.1 Å². The van der Waals surface area contributed by atoms with Crippen LogP contribution in [0.1, 0.15) is 24.3 Å². The van der Waals surface area contributed by atoms with Gasteiger partial charge in [-0.2, -0.15) is 0 Å². The maximum atomic E-state index is 13.7. The van der Waals surface area contributed by atoms with Crippen LogP contribution in [-0.2, 0) is 14.3 Å². The van der Waals surface area contributed by atoms with Crippen molar-refractivity contribution in [2.75, 3.05) is 25.7 Å². The van der Waals surface area contributed by atoms with Crippen LogP contribution in [0.15, 0.2) is 74.5 Å². The first-order valence-electron chi connectivity index (χ1n) is 10.6. The van der Waals surface area contributed by atoms with Gasteiger partial charge in [0, 0.05) is 18.5 Å². The lowest BCUT2D eigenvalue weighted by molar-refractivity contribution is -0.135. The summed E-state index contributed by atoms with van der Waals surface area (Å²) >= 11 is 6.92. The number of benzene rings is 2. The molecule has 0 radical (unpaired) electrons. The number of aldehydes is 1. The number of para-hydroxylation sites is 1. The molecule has 1 atom stereocenters. The van der Waals surface area contributed by atoms with Crippen LogP contribution in [0.2, 0.25) is 0 Å². The van der Waals surface area contributed by atoms with Gasteiger partial charge in [-0.1, -0.05) is 6.07 Å². The Kier molecular flexibility index (Phi) is 9.52. The van der Waals surface area contributed by atoms with E-state index in [2.05, 4.69) is 42.8 Å². The van der Waals surface area contributed by atoms with Crippen molar-refractivity contribution in [1.29, 1.82) is 0 Å². The van der Waals surface area contributed by atoms with Crippen LogP contribution in [-0.4, -0.2) is 33.0 Å². The van der Waals surface area contributed by atoms with Gasteiger partial charge >= 0.3 is 5.97 Å². The molecule has 1 heterocycles. The highest BCUT2D eigenvalue weighted by molar-refractivity contribution is 9.11. The number of esters is 1. The second-order valence-electron chi connectivity index (χ2n) is 7.62. The lowest BCUT2D eigenvalue weighted by Crippen LogP contribution is -3.00. The molecule has 4 rings (SSSR count). The fraction of sp³-hybridized carbons (Fsp3) is 0.231. The molecule has 0 saturated carbocycles. The number of unbranched alkanes of at least 4 members (excludes halogenated alkanes) is 1. The van der Waals surface area contributed by atoms with Crippen LogP contribution < -0.4 is 38.4 Å². The molecule has 1 aliphatic heterocycles. The Labute approximate surface area is 238 Å². The van der Waals surface area contributed by atoms with Gasteiger partial charge in [0.25, 0.3) is 5.76 Å². The highest BCUT2D eigenvalue weighted by Gasteiger charge is 2.44. The molecule has 1 aliphatic carbocycles. The van der Waals surface area contributed by atoms with Gasteiger partial charge in [-0.3, -0.25) is 9.69 Å². The molecule has 0 saturated heterocycles. The minimum absolute atomic E-state index is 0. The van der Waals surface area contributed by atoms with Gasteiger partial charge in [0.15, 0.2) is 17.0 Å². The summed E-state index contributed by atoms with van der Waals surface area (Å²) in [6.45, 7) is 0.600. The Bertz CT molecular complexity index is 1200. The first-order chi connectivity index (χ1) is 16.5. The van der Waals surface area contributed by atoms with E-state index in [-0.39, 0.29) is 24.0 Å². The second-order valence-corrected chi connectivity index (χ2v) is 9.32. The fourth-order valence-corrected chi connectivity index (χ4v) is 5.20. The average Bonchev–Trinajstić information content (AvgIpc) is 2.85. The number of carbonyl (C=O) groups excluding carboxylic acids is 2. The van der Waals surface area contributed by atoms with E-state index in [0.717, 1.165) is 23.2 Å². The summed E-state index contributed by atoms with van der Waals surface area (Å²) in [7, 11) is 3.15. The Hall–Kier alpha value is -2.20. The van der Waals surface area contributed by atoms with Gasteiger partial charge in [0.1, 0.15) is 18.0 Å². The van der Waals surface area contributed by atoms with Crippen molar-refractivity contribution in [3.8, 4) is 11.5 Å². The Morgan fingerprint density at radius 2 is 1.86 bits per heavy atom. The van der Waals surface area contributed by atoms with Crippen molar-refractivity contribution in [1.82, 2.24) is 0 Å². The maximum Gasteiger partial charge on any atom is 0.326 e. The summed E-state index contributed by atoms with van der Waals surface area (Å²) in [4.78, 5) is 26.8. The highest BCUT2D eigenvalue weighted by atomic mass is 127. The Morgan fingerprint density at radius 3 is 2.51 bits per heavy atom. The van der Waals surface area contributed by atoms with Crippen LogP contribution in [0.5, 0.6) is 11.5 Å². The summed E-state index contributed by atoms with van der Waals surface area (Å²) < 4.78 is 18.1. The molecule has 0 fully saturated rings. The van der Waals surface area contributed by atoms with Gasteiger partial charge in [-0.15, -0.1) is 0 Å². The molecule has 0 bridgehead atoms. The van der Waals surface area contributed by atoms with Crippen molar-refractivity contribution in [2.24, 2.45) is 0 Å². The predicted octanol–water partition coefficient (Wildman–Crippen LogP) is 2.87. The minimum Gasteiger partial charge on any atom is -1.00 e. The SMILES string of the molecule is COC1=[C+]C2=C(C=C1)N(CCCC=O)c1ccc(OC)cc1C2C(=O)Oc1c(Br)cccc1Br.[I-]. The molecule has 2 aromatic rings. The number of fused-ring (bicyclic) bond motifs is 1. The van der Waals surface area contributed by atoms with Gasteiger partial charge in [0.2, 0.25) is 0 Å². The number of carbonyl (C=O) groups is 2. The van der Waals surface area contributed by atoms with Gasteiger partial charge in [-0.25, -0.2) is 0 Å². The number of anilines is 1. The van der Waals surface area contributed by atoms with E-state index in [1.54, 1.807) is 14.2 Å². The molecule has 0 spiro atoms. The van der Waals surface area contributed by atoms with E-state index in [9.17, 15) is 9.59 Å². The van der Waals surface area contributed by atoms with E-state index in [1.807, 2.05) is 48.6 Å². The molecular weight excluding hydrogens is 693 g/mol. The van der Waals surface area contributed by atoms with Crippen molar-refractivity contribution in [3.63, 3.8) is 0 Å². The molecule has 0 aromatic heterocycles. The fourth-order valence-electron chi connectivity index (χ4n) is 4.04. The van der Waals surface area contributed by atoms with E-state index in [4.69, 9.17) is 14.2 Å². The Morgan fingerprint density at radius 1 is 1.11 bits per heavy atom. The number of hydrogen-bond acceptors (Lipinski definition) is 6. The molecule has 9 heteroatoms. The first-order valence-corrected chi connectivity index (χ1v) is 12.2. The average molecular weight is 715 g/mol. The lowest BCUT2D eigenvalue weighted by atomic mass is 9.82. The maximum absolute atomic E-state index is 13.7. The summed E-state index contributed by atoms with van der Waals surface area (Å²) in [6.07, 6.45) is 9.00. The number of nitrogens with zero attached hydrogens (tertiary/aromatic N) is 1. The van der Waals surface area contributed by atoms with E-state index >= 15 is 0 Å². The molecule has 6 nitrogen and oxygen atoms in total. The zero-order chi connectivity index (χ0) is 24.2. The first kappa shape index (κ1) is 27.4. The minimum atomic E-state index is -0.767. The summed E-state index contributed by atoms with van der Waals surface area (Å²) in [5.74, 6) is 0.308. The molecular formula is C26H22Br2INO5. The lowest BCUT2D eigenvalue weighted by Gasteiger charge is -2.33. The van der Waals surface area contributed by atoms with Crippen LogP contribution in [0.3, 0.4) is 0 Å². The van der Waals surface area contributed by atoms with Crippen molar-refractivity contribution >= 4 is 49.8 Å². The zero-order valence-electron chi connectivity index (χ0n) is 19.0. The molecule has 182 valence electrons. The monoisotopic (exact) mass is 713 g/mol. The number of methoxy groups -OCH3 is 2. The summed E-state index contributed by atoms with van der Waals surface area (Å²) in [5.41, 5.74) is 3.04. The third kappa shape index (κ3) is 5.63. The van der Waals surface area contributed by atoms with Crippen LogP contribution >= 0.6 is 31.9 Å². The van der Waals surface area contributed by atoms with E-state index < -0.39 is 11.9 Å². The zero-order valence-corrected chi connectivity index (χ0v) is 24.3. The number of rotatable bonds is 8. The molecule has 2 aliphatic rings.